The Kier molecular flexibility index (Phi) is 3.80. The van der Waals surface area contributed by atoms with E-state index in [0.29, 0.717) is 5.92 Å². The van der Waals surface area contributed by atoms with E-state index in [1.165, 1.54) is 12.1 Å². The normalized spacial score (nSPS) is 17.8. The third-order valence-corrected chi connectivity index (χ3v) is 3.25. The van der Waals surface area contributed by atoms with Crippen LogP contribution in [0.3, 0.4) is 0 Å². The molecule has 0 unspecified atom stereocenters. The summed E-state index contributed by atoms with van der Waals surface area (Å²) in [6, 6.07) is 4.62. The molecule has 2 rings (SSSR count). The first-order chi connectivity index (χ1) is 8.46. The van der Waals surface area contributed by atoms with E-state index in [0.717, 1.165) is 37.1 Å². The minimum absolute atomic E-state index is 0.141. The fourth-order valence-electron chi connectivity index (χ4n) is 2.44. The summed E-state index contributed by atoms with van der Waals surface area (Å²) in [6.45, 7) is 3.76. The molecule has 0 spiro atoms. The van der Waals surface area contributed by atoms with Crippen LogP contribution in [0.5, 0.6) is 5.75 Å². The highest BCUT2D eigenvalue weighted by molar-refractivity contribution is 5.37. The first-order valence-corrected chi connectivity index (χ1v) is 6.03. The van der Waals surface area contributed by atoms with E-state index >= 15 is 0 Å². The van der Waals surface area contributed by atoms with Crippen LogP contribution in [0.15, 0.2) is 18.2 Å². The Morgan fingerprint density at radius 1 is 1.22 bits per heavy atom. The van der Waals surface area contributed by atoms with Crippen molar-refractivity contribution in [2.75, 3.05) is 13.1 Å². The Morgan fingerprint density at radius 2 is 1.89 bits per heavy atom. The van der Waals surface area contributed by atoms with Crippen LogP contribution in [0, 0.1) is 6.92 Å². The van der Waals surface area contributed by atoms with Crippen LogP contribution in [-0.2, 0) is 0 Å². The van der Waals surface area contributed by atoms with E-state index in [9.17, 15) is 13.2 Å². The molecule has 0 bridgehead atoms. The number of piperidine rings is 1. The average Bonchev–Trinajstić information content (AvgIpc) is 2.28. The van der Waals surface area contributed by atoms with Gasteiger partial charge in [-0.2, -0.15) is 0 Å². The maximum absolute atomic E-state index is 12.1. The van der Waals surface area contributed by atoms with Crippen LogP contribution in [0.25, 0.3) is 0 Å². The average molecular weight is 259 g/mol. The first-order valence-electron chi connectivity index (χ1n) is 6.03. The van der Waals surface area contributed by atoms with Crippen LogP contribution in [0.2, 0.25) is 0 Å². The zero-order valence-corrected chi connectivity index (χ0v) is 10.2. The molecular weight excluding hydrogens is 243 g/mol. The molecule has 1 heterocycles. The quantitative estimate of drug-likeness (QED) is 0.879. The zero-order valence-electron chi connectivity index (χ0n) is 10.2. The molecule has 1 aliphatic heterocycles. The molecule has 0 amide bonds. The molecule has 1 aromatic rings. The molecule has 0 atom stereocenters. The van der Waals surface area contributed by atoms with E-state index in [-0.39, 0.29) is 5.75 Å². The molecule has 2 nitrogen and oxygen atoms in total. The van der Waals surface area contributed by atoms with Gasteiger partial charge in [0.25, 0.3) is 0 Å². The van der Waals surface area contributed by atoms with Gasteiger partial charge in [-0.1, -0.05) is 6.07 Å². The zero-order chi connectivity index (χ0) is 13.2. The highest BCUT2D eigenvalue weighted by atomic mass is 19.4. The van der Waals surface area contributed by atoms with Crippen molar-refractivity contribution in [2.24, 2.45) is 0 Å². The van der Waals surface area contributed by atoms with Gasteiger partial charge in [-0.15, -0.1) is 13.2 Å². The Hall–Kier alpha value is -1.23. The SMILES string of the molecule is Cc1cc(OC(F)(F)F)ccc1C1CCNCC1. The van der Waals surface area contributed by atoms with Crippen molar-refractivity contribution in [3.63, 3.8) is 0 Å². The number of ether oxygens (including phenoxy) is 1. The molecule has 100 valence electrons. The number of rotatable bonds is 2. The van der Waals surface area contributed by atoms with Crippen molar-refractivity contribution in [3.8, 4) is 5.75 Å². The van der Waals surface area contributed by atoms with Crippen LogP contribution in [0.4, 0.5) is 13.2 Å². The summed E-state index contributed by atoms with van der Waals surface area (Å²) in [5, 5.41) is 3.27. The summed E-state index contributed by atoms with van der Waals surface area (Å²) < 4.78 is 40.2. The maximum atomic E-state index is 12.1. The van der Waals surface area contributed by atoms with Gasteiger partial charge in [0.15, 0.2) is 0 Å². The van der Waals surface area contributed by atoms with Crippen LogP contribution >= 0.6 is 0 Å². The highest BCUT2D eigenvalue weighted by Crippen LogP contribution is 2.31. The van der Waals surface area contributed by atoms with Crippen molar-refractivity contribution in [1.29, 1.82) is 0 Å². The van der Waals surface area contributed by atoms with E-state index in [1.54, 1.807) is 6.07 Å². The smallest absolute Gasteiger partial charge is 0.406 e. The van der Waals surface area contributed by atoms with E-state index < -0.39 is 6.36 Å². The van der Waals surface area contributed by atoms with Crippen LogP contribution < -0.4 is 10.1 Å². The minimum atomic E-state index is -4.62. The lowest BCUT2D eigenvalue weighted by atomic mass is 9.87. The van der Waals surface area contributed by atoms with E-state index in [1.807, 2.05) is 6.92 Å². The molecule has 5 heteroatoms. The van der Waals surface area contributed by atoms with Gasteiger partial charge >= 0.3 is 6.36 Å². The lowest BCUT2D eigenvalue weighted by Gasteiger charge is -2.24. The number of aryl methyl sites for hydroxylation is 1. The predicted molar refractivity (Wildman–Crippen MR) is 62.7 cm³/mol. The second kappa shape index (κ2) is 5.18. The summed E-state index contributed by atoms with van der Waals surface area (Å²) in [4.78, 5) is 0. The summed E-state index contributed by atoms with van der Waals surface area (Å²) >= 11 is 0. The minimum Gasteiger partial charge on any atom is -0.406 e. The van der Waals surface area contributed by atoms with Gasteiger partial charge in [0, 0.05) is 0 Å². The van der Waals surface area contributed by atoms with Crippen LogP contribution in [-0.4, -0.2) is 19.5 Å². The van der Waals surface area contributed by atoms with Gasteiger partial charge < -0.3 is 10.1 Å². The van der Waals surface area contributed by atoms with Crippen LogP contribution in [0.1, 0.15) is 29.9 Å². The number of benzene rings is 1. The molecule has 0 aromatic heterocycles. The standard InChI is InChI=1S/C13H16F3NO/c1-9-8-11(18-13(14,15)16)2-3-12(9)10-4-6-17-7-5-10/h2-3,8,10,17H,4-7H2,1H3. The third-order valence-electron chi connectivity index (χ3n) is 3.25. The fourth-order valence-corrected chi connectivity index (χ4v) is 2.44. The number of alkyl halides is 3. The van der Waals surface area contributed by atoms with Crippen molar-refractivity contribution >= 4 is 0 Å². The summed E-state index contributed by atoms with van der Waals surface area (Å²) in [6.07, 6.45) is -2.57. The molecule has 1 aromatic carbocycles. The lowest BCUT2D eigenvalue weighted by Crippen LogP contribution is -2.27. The van der Waals surface area contributed by atoms with Crippen molar-refractivity contribution in [2.45, 2.75) is 32.0 Å². The summed E-state index contributed by atoms with van der Waals surface area (Å²) in [5.41, 5.74) is 2.00. The number of nitrogens with one attached hydrogen (secondary N) is 1. The second-order valence-corrected chi connectivity index (χ2v) is 4.59. The number of hydrogen-bond acceptors (Lipinski definition) is 2. The van der Waals surface area contributed by atoms with Crippen molar-refractivity contribution < 1.29 is 17.9 Å². The predicted octanol–water partition coefficient (Wildman–Crippen LogP) is 3.36. The van der Waals surface area contributed by atoms with Gasteiger partial charge in [-0.3, -0.25) is 0 Å². The third kappa shape index (κ3) is 3.38. The Labute approximate surface area is 104 Å². The summed E-state index contributed by atoms with van der Waals surface area (Å²) in [7, 11) is 0. The molecule has 1 aliphatic rings. The Bertz CT molecular complexity index is 411. The largest absolute Gasteiger partial charge is 0.573 e. The second-order valence-electron chi connectivity index (χ2n) is 4.59. The molecule has 18 heavy (non-hydrogen) atoms. The van der Waals surface area contributed by atoms with Gasteiger partial charge in [0.2, 0.25) is 0 Å². The van der Waals surface area contributed by atoms with Crippen molar-refractivity contribution in [1.82, 2.24) is 5.32 Å². The van der Waals surface area contributed by atoms with Gasteiger partial charge in [0.1, 0.15) is 5.75 Å². The fraction of sp³-hybridized carbons (Fsp3) is 0.538. The highest BCUT2D eigenvalue weighted by Gasteiger charge is 2.31. The Balaban J connectivity index is 2.14. The van der Waals surface area contributed by atoms with Gasteiger partial charge in [-0.25, -0.2) is 0 Å². The Morgan fingerprint density at radius 3 is 2.44 bits per heavy atom. The molecule has 0 saturated carbocycles. The maximum Gasteiger partial charge on any atom is 0.573 e. The van der Waals surface area contributed by atoms with Crippen molar-refractivity contribution in [3.05, 3.63) is 29.3 Å². The summed E-state index contributed by atoms with van der Waals surface area (Å²) in [5.74, 6) is 0.295. The van der Waals surface area contributed by atoms with E-state index in [4.69, 9.17) is 0 Å². The number of hydrogen-bond donors (Lipinski definition) is 1. The molecule has 1 N–H and O–H groups in total. The molecule has 0 radical (unpaired) electrons. The molecular formula is C13H16F3NO. The molecule has 0 aliphatic carbocycles. The first kappa shape index (κ1) is 13.2. The topological polar surface area (TPSA) is 21.3 Å². The molecule has 1 saturated heterocycles. The van der Waals surface area contributed by atoms with Gasteiger partial charge in [-0.05, 0) is 62.0 Å². The van der Waals surface area contributed by atoms with E-state index in [2.05, 4.69) is 10.1 Å². The van der Waals surface area contributed by atoms with Gasteiger partial charge in [0.05, 0.1) is 0 Å². The monoisotopic (exact) mass is 259 g/mol. The number of halogens is 3. The molecule has 1 fully saturated rings. The lowest BCUT2D eigenvalue weighted by molar-refractivity contribution is -0.274.